The van der Waals surface area contributed by atoms with E-state index < -0.39 is 11.9 Å². The predicted molar refractivity (Wildman–Crippen MR) is 72.6 cm³/mol. The lowest BCUT2D eigenvalue weighted by molar-refractivity contribution is -0.120. The van der Waals surface area contributed by atoms with Crippen molar-refractivity contribution in [1.29, 1.82) is 0 Å². The second-order valence-corrected chi connectivity index (χ2v) is 4.55. The minimum Gasteiger partial charge on any atom is -0.491 e. The zero-order valence-corrected chi connectivity index (χ0v) is 11.3. The molecule has 0 aliphatic heterocycles. The molecule has 0 radical (unpaired) electrons. The number of hydrogen-bond donors (Lipinski definition) is 2. The molecule has 0 aromatic heterocycles. The molecule has 0 bridgehead atoms. The molecular formula is C14H22N2O2. The molecule has 0 saturated carbocycles. The van der Waals surface area contributed by atoms with E-state index in [4.69, 9.17) is 10.5 Å². The highest BCUT2D eigenvalue weighted by Gasteiger charge is 2.17. The van der Waals surface area contributed by atoms with Crippen molar-refractivity contribution in [3.63, 3.8) is 0 Å². The molecule has 0 aliphatic carbocycles. The quantitative estimate of drug-likeness (QED) is 0.770. The number of nitrogens with two attached hydrogens (primary N) is 1. The number of para-hydroxylation sites is 1. The molecule has 3 N–H and O–H groups in total. The van der Waals surface area contributed by atoms with Crippen LogP contribution in [0.15, 0.2) is 24.3 Å². The topological polar surface area (TPSA) is 64.3 Å². The maximum atomic E-state index is 11.3. The van der Waals surface area contributed by atoms with Crippen LogP contribution in [0.1, 0.15) is 26.3 Å². The van der Waals surface area contributed by atoms with Crippen LogP contribution in [0, 0.1) is 0 Å². The van der Waals surface area contributed by atoms with Gasteiger partial charge in [0.1, 0.15) is 18.4 Å². The molecule has 4 nitrogen and oxygen atoms in total. The van der Waals surface area contributed by atoms with Crippen LogP contribution < -0.4 is 15.8 Å². The average Bonchev–Trinajstić information content (AvgIpc) is 2.34. The fourth-order valence-electron chi connectivity index (χ4n) is 1.72. The minimum absolute atomic E-state index is 0.188. The van der Waals surface area contributed by atoms with Crippen molar-refractivity contribution >= 4 is 5.91 Å². The highest BCUT2D eigenvalue weighted by atomic mass is 16.5. The van der Waals surface area contributed by atoms with E-state index in [2.05, 4.69) is 12.2 Å². The van der Waals surface area contributed by atoms with E-state index in [0.29, 0.717) is 0 Å². The van der Waals surface area contributed by atoms with Crippen molar-refractivity contribution in [1.82, 2.24) is 5.32 Å². The first-order valence-corrected chi connectivity index (χ1v) is 6.30. The number of benzene rings is 1. The molecule has 1 amide bonds. The Bertz CT molecular complexity index is 391. The van der Waals surface area contributed by atoms with Gasteiger partial charge in [0.25, 0.3) is 0 Å². The van der Waals surface area contributed by atoms with Gasteiger partial charge in [-0.3, -0.25) is 4.79 Å². The van der Waals surface area contributed by atoms with Gasteiger partial charge in [0.15, 0.2) is 0 Å². The van der Waals surface area contributed by atoms with E-state index in [1.54, 1.807) is 0 Å². The minimum atomic E-state index is -0.463. The zero-order valence-electron chi connectivity index (χ0n) is 11.3. The third kappa shape index (κ3) is 4.37. The number of hydrogen-bond acceptors (Lipinski definition) is 3. The molecule has 4 heteroatoms. The van der Waals surface area contributed by atoms with Crippen LogP contribution in [-0.2, 0) is 11.2 Å². The first-order valence-electron chi connectivity index (χ1n) is 6.30. The van der Waals surface area contributed by atoms with Crippen LogP contribution in [0.4, 0.5) is 0 Å². The number of nitrogens with one attached hydrogen (secondary N) is 1. The fraction of sp³-hybridized carbons (Fsp3) is 0.500. The van der Waals surface area contributed by atoms with Crippen LogP contribution >= 0.6 is 0 Å². The van der Waals surface area contributed by atoms with Crippen molar-refractivity contribution in [2.24, 2.45) is 5.73 Å². The molecule has 1 aromatic rings. The highest BCUT2D eigenvalue weighted by Crippen LogP contribution is 2.18. The van der Waals surface area contributed by atoms with E-state index in [9.17, 15) is 4.79 Å². The first kappa shape index (κ1) is 14.5. The van der Waals surface area contributed by atoms with Crippen molar-refractivity contribution in [3.8, 4) is 5.75 Å². The summed E-state index contributed by atoms with van der Waals surface area (Å²) in [5, 5.41) is 3.09. The van der Waals surface area contributed by atoms with Crippen molar-refractivity contribution in [2.45, 2.75) is 39.3 Å². The molecule has 1 aromatic carbocycles. The van der Waals surface area contributed by atoms with E-state index in [1.807, 2.05) is 38.1 Å². The van der Waals surface area contributed by atoms with Gasteiger partial charge in [-0.05, 0) is 18.1 Å². The number of ether oxygens (including phenoxy) is 1. The molecule has 0 spiro atoms. The molecule has 0 heterocycles. The van der Waals surface area contributed by atoms with Gasteiger partial charge in [0.05, 0.1) is 0 Å². The Labute approximate surface area is 109 Å². The Balaban J connectivity index is 2.64. The summed E-state index contributed by atoms with van der Waals surface area (Å²) in [7, 11) is 0. The van der Waals surface area contributed by atoms with E-state index in [0.717, 1.165) is 17.7 Å². The van der Waals surface area contributed by atoms with Crippen LogP contribution in [0.3, 0.4) is 0 Å². The zero-order chi connectivity index (χ0) is 13.5. The average molecular weight is 250 g/mol. The van der Waals surface area contributed by atoms with Gasteiger partial charge in [-0.1, -0.05) is 39.0 Å². The Kier molecular flexibility index (Phi) is 5.65. The number of carbonyl (C=O) groups is 1. The number of amides is 1. The Morgan fingerprint density at radius 2 is 2.06 bits per heavy atom. The standard InChI is InChI=1S/C14H22N2O2/c1-4-11-7-5-6-8-13(11)18-9-12(14(15)17)16-10(2)3/h5-8,10,12,16H,4,9H2,1-3H3,(H2,15,17). The van der Waals surface area contributed by atoms with Crippen LogP contribution in [-0.4, -0.2) is 24.6 Å². The fourth-order valence-corrected chi connectivity index (χ4v) is 1.72. The van der Waals surface area contributed by atoms with Gasteiger partial charge in [-0.15, -0.1) is 0 Å². The monoisotopic (exact) mass is 250 g/mol. The molecule has 0 fully saturated rings. The lowest BCUT2D eigenvalue weighted by atomic mass is 10.1. The highest BCUT2D eigenvalue weighted by molar-refractivity contribution is 5.80. The Hall–Kier alpha value is -1.55. The lowest BCUT2D eigenvalue weighted by Crippen LogP contribution is -2.48. The summed E-state index contributed by atoms with van der Waals surface area (Å²) in [6.07, 6.45) is 0.898. The third-order valence-corrected chi connectivity index (χ3v) is 2.64. The second kappa shape index (κ2) is 7.01. The lowest BCUT2D eigenvalue weighted by Gasteiger charge is -2.19. The number of primary amides is 1. The maximum Gasteiger partial charge on any atom is 0.238 e. The summed E-state index contributed by atoms with van der Waals surface area (Å²) in [5.74, 6) is 0.425. The smallest absolute Gasteiger partial charge is 0.238 e. The normalized spacial score (nSPS) is 12.4. The van der Waals surface area contributed by atoms with E-state index >= 15 is 0 Å². The van der Waals surface area contributed by atoms with Crippen molar-refractivity contribution < 1.29 is 9.53 Å². The SMILES string of the molecule is CCc1ccccc1OCC(NC(C)C)C(N)=O. The van der Waals surface area contributed by atoms with Crippen molar-refractivity contribution in [3.05, 3.63) is 29.8 Å². The Morgan fingerprint density at radius 3 is 2.61 bits per heavy atom. The molecule has 18 heavy (non-hydrogen) atoms. The Morgan fingerprint density at radius 1 is 1.39 bits per heavy atom. The molecule has 100 valence electrons. The largest absolute Gasteiger partial charge is 0.491 e. The van der Waals surface area contributed by atoms with Gasteiger partial charge < -0.3 is 15.8 Å². The first-order chi connectivity index (χ1) is 8.54. The summed E-state index contributed by atoms with van der Waals surface area (Å²) < 4.78 is 5.69. The van der Waals surface area contributed by atoms with Crippen LogP contribution in [0.2, 0.25) is 0 Å². The van der Waals surface area contributed by atoms with Crippen LogP contribution in [0.25, 0.3) is 0 Å². The van der Waals surface area contributed by atoms with Gasteiger partial charge >= 0.3 is 0 Å². The van der Waals surface area contributed by atoms with Gasteiger partial charge in [0.2, 0.25) is 5.91 Å². The summed E-state index contributed by atoms with van der Waals surface area (Å²) in [4.78, 5) is 11.3. The summed E-state index contributed by atoms with van der Waals surface area (Å²) in [5.41, 5.74) is 6.47. The van der Waals surface area contributed by atoms with Crippen molar-refractivity contribution in [2.75, 3.05) is 6.61 Å². The molecular weight excluding hydrogens is 228 g/mol. The van der Waals surface area contributed by atoms with Gasteiger partial charge in [0, 0.05) is 6.04 Å². The molecule has 0 aliphatic rings. The predicted octanol–water partition coefficient (Wildman–Crippen LogP) is 1.48. The number of aryl methyl sites for hydroxylation is 1. The summed E-state index contributed by atoms with van der Waals surface area (Å²) in [6, 6.07) is 7.55. The molecule has 1 rings (SSSR count). The number of rotatable bonds is 7. The van der Waals surface area contributed by atoms with Gasteiger partial charge in [-0.25, -0.2) is 0 Å². The third-order valence-electron chi connectivity index (χ3n) is 2.64. The van der Waals surface area contributed by atoms with Crippen LogP contribution in [0.5, 0.6) is 5.75 Å². The van der Waals surface area contributed by atoms with E-state index in [-0.39, 0.29) is 12.6 Å². The second-order valence-electron chi connectivity index (χ2n) is 4.55. The summed E-state index contributed by atoms with van der Waals surface area (Å²) in [6.45, 7) is 6.26. The summed E-state index contributed by atoms with van der Waals surface area (Å²) >= 11 is 0. The van der Waals surface area contributed by atoms with Gasteiger partial charge in [-0.2, -0.15) is 0 Å². The number of carbonyl (C=O) groups excluding carboxylic acids is 1. The maximum absolute atomic E-state index is 11.3. The molecule has 0 saturated heterocycles. The molecule has 1 atom stereocenters. The van der Waals surface area contributed by atoms with E-state index in [1.165, 1.54) is 0 Å². The molecule has 1 unspecified atom stereocenters.